The number of carbonyl (C=O) groups is 2. The average molecular weight is 635 g/mol. The Labute approximate surface area is 271 Å². The van der Waals surface area contributed by atoms with E-state index in [-0.39, 0.29) is 46.9 Å². The molecule has 248 valence electrons. The first-order chi connectivity index (χ1) is 21.6. The van der Waals surface area contributed by atoms with Crippen molar-refractivity contribution in [2.75, 3.05) is 28.2 Å². The zero-order valence-electron chi connectivity index (χ0n) is 27.1. The maximum Gasteiger partial charge on any atom is 0.335 e. The van der Waals surface area contributed by atoms with Crippen molar-refractivity contribution >= 4 is 11.9 Å². The number of rotatable bonds is 8. The zero-order valence-corrected chi connectivity index (χ0v) is 27.1. The maximum absolute atomic E-state index is 10.5. The van der Waals surface area contributed by atoms with E-state index in [1.807, 2.05) is 74.5 Å². The van der Waals surface area contributed by atoms with Crippen LogP contribution in [0.15, 0.2) is 109 Å². The molecule has 0 aliphatic heterocycles. The average Bonchev–Trinajstić information content (AvgIpc) is 3.05. The molecule has 0 aliphatic rings. The van der Waals surface area contributed by atoms with Crippen LogP contribution in [0.2, 0.25) is 0 Å². The van der Waals surface area contributed by atoms with Gasteiger partial charge >= 0.3 is 11.9 Å². The molecule has 10 nitrogen and oxygen atoms in total. The van der Waals surface area contributed by atoms with Gasteiger partial charge in [0.2, 0.25) is 0 Å². The van der Waals surface area contributed by atoms with Gasteiger partial charge in [-0.1, -0.05) is 84.9 Å². The summed E-state index contributed by atoms with van der Waals surface area (Å²) in [6.45, 7) is 4.10. The monoisotopic (exact) mass is 634 g/mol. The molecule has 46 heavy (non-hydrogen) atoms. The fourth-order valence-electron chi connectivity index (χ4n) is 3.70. The van der Waals surface area contributed by atoms with Crippen LogP contribution in [0.5, 0.6) is 11.5 Å². The Hall–Kier alpha value is -4.74. The van der Waals surface area contributed by atoms with E-state index in [0.29, 0.717) is 0 Å². The molecule has 0 bridgehead atoms. The Balaban J connectivity index is 0.000000309. The minimum atomic E-state index is -1.01. The first-order valence-corrected chi connectivity index (χ1v) is 14.7. The summed E-state index contributed by atoms with van der Waals surface area (Å²) in [5, 5.41) is 57.5. The lowest BCUT2D eigenvalue weighted by Gasteiger charge is -2.22. The minimum Gasteiger partial charge on any atom is -0.872 e. The van der Waals surface area contributed by atoms with E-state index in [4.69, 9.17) is 10.2 Å². The van der Waals surface area contributed by atoms with Gasteiger partial charge in [-0.05, 0) is 49.2 Å². The number of aliphatic hydroxyl groups excluding tert-OH is 2. The highest BCUT2D eigenvalue weighted by Crippen LogP contribution is 2.15. The largest absolute Gasteiger partial charge is 0.872 e. The second-order valence-electron chi connectivity index (χ2n) is 11.1. The van der Waals surface area contributed by atoms with Crippen molar-refractivity contribution in [3.63, 3.8) is 0 Å². The van der Waals surface area contributed by atoms with Gasteiger partial charge in [-0.15, -0.1) is 11.5 Å². The Bertz CT molecular complexity index is 1300. The van der Waals surface area contributed by atoms with E-state index in [1.165, 1.54) is 58.3 Å². The van der Waals surface area contributed by atoms with E-state index in [2.05, 4.69) is 28.2 Å². The smallest absolute Gasteiger partial charge is 0.335 e. The van der Waals surface area contributed by atoms with Gasteiger partial charge in [0.05, 0.1) is 39.3 Å². The molecule has 6 N–H and O–H groups in total. The number of benzene rings is 4. The quantitative estimate of drug-likeness (QED) is 0.169. The molecule has 4 rings (SSSR count). The van der Waals surface area contributed by atoms with E-state index in [0.717, 1.165) is 11.1 Å². The van der Waals surface area contributed by atoms with Crippen LogP contribution in [0, 0.1) is 0 Å². The third-order valence-electron chi connectivity index (χ3n) is 7.25. The first-order valence-electron chi connectivity index (χ1n) is 14.7. The predicted octanol–water partition coefficient (Wildman–Crippen LogP) is 1.42. The number of carboxylic acid groups (broad SMARTS) is 2. The molecule has 0 saturated carbocycles. The van der Waals surface area contributed by atoms with Crippen molar-refractivity contribution < 1.29 is 50.0 Å². The van der Waals surface area contributed by atoms with Crippen molar-refractivity contribution in [1.82, 2.24) is 0 Å². The molecule has 0 aromatic heterocycles. The van der Waals surface area contributed by atoms with Gasteiger partial charge in [0.15, 0.2) is 0 Å². The summed E-state index contributed by atoms with van der Waals surface area (Å²) in [5.74, 6) is -2.38. The topological polar surface area (TPSA) is 170 Å². The Morgan fingerprint density at radius 2 is 0.783 bits per heavy atom. The highest BCUT2D eigenvalue weighted by atomic mass is 16.4. The summed E-state index contributed by atoms with van der Waals surface area (Å²) in [7, 11) is 8.21. The molecule has 0 amide bonds. The molecule has 4 atom stereocenters. The van der Waals surface area contributed by atoms with Gasteiger partial charge in [-0.3, -0.25) is 0 Å². The van der Waals surface area contributed by atoms with Gasteiger partial charge in [-0.2, -0.15) is 0 Å². The molecular weight excluding hydrogens is 588 g/mol. The highest BCUT2D eigenvalue weighted by Gasteiger charge is 2.21. The van der Waals surface area contributed by atoms with Gasteiger partial charge in [-0.25, -0.2) is 9.59 Å². The predicted molar refractivity (Wildman–Crippen MR) is 173 cm³/mol. The van der Waals surface area contributed by atoms with E-state index >= 15 is 0 Å². The summed E-state index contributed by atoms with van der Waals surface area (Å²) < 4.78 is 0. The molecule has 0 aliphatic carbocycles. The number of quaternary nitrogens is 2. The van der Waals surface area contributed by atoms with Crippen molar-refractivity contribution in [2.45, 2.75) is 38.1 Å². The van der Waals surface area contributed by atoms with Crippen molar-refractivity contribution in [3.05, 3.63) is 131 Å². The highest BCUT2D eigenvalue weighted by molar-refractivity contribution is 5.88. The summed E-state index contributed by atoms with van der Waals surface area (Å²) in [6.07, 6.45) is -0.739. The molecule has 0 radical (unpaired) electrons. The third-order valence-corrected chi connectivity index (χ3v) is 7.25. The molecular formula is C36H46N2O8. The van der Waals surface area contributed by atoms with Crippen LogP contribution in [0.3, 0.4) is 0 Å². The fourth-order valence-corrected chi connectivity index (χ4v) is 3.70. The molecule has 4 aromatic rings. The van der Waals surface area contributed by atoms with Crippen LogP contribution in [0.25, 0.3) is 0 Å². The Morgan fingerprint density at radius 1 is 0.522 bits per heavy atom. The summed E-state index contributed by atoms with van der Waals surface area (Å²) in [5.41, 5.74) is 2.27. The molecule has 0 fully saturated rings. The third kappa shape index (κ3) is 14.4. The number of aromatic carboxylic acids is 2. The van der Waals surface area contributed by atoms with Crippen LogP contribution < -0.4 is 20.0 Å². The Kier molecular flexibility index (Phi) is 17.4. The number of carboxylic acids is 2. The lowest BCUT2D eigenvalue weighted by atomic mass is 10.0. The first kappa shape index (κ1) is 39.3. The van der Waals surface area contributed by atoms with Crippen LogP contribution >= 0.6 is 0 Å². The molecule has 10 heteroatoms. The standard InChI is InChI=1S/2C11H17NO.2C7H6O3/c2*1-9(12(2)3)11(13)10-7-5-4-6-8-10;2*8-6-3-1-5(2-4-6)7(9)10/h2*4-9,11,13H,1-3H3;2*1-4,8H,(H,9,10)/t2*9-,11-;;/m00../s1. The number of aliphatic hydroxyl groups is 2. The molecule has 4 aromatic carbocycles. The van der Waals surface area contributed by atoms with Crippen LogP contribution in [0.1, 0.15) is 57.9 Å². The van der Waals surface area contributed by atoms with E-state index in [9.17, 15) is 30.0 Å². The zero-order chi connectivity index (χ0) is 34.8. The second kappa shape index (κ2) is 20.3. The molecule has 0 spiro atoms. The Morgan fingerprint density at radius 3 is 1.00 bits per heavy atom. The molecule has 0 heterocycles. The number of hydrogen-bond acceptors (Lipinski definition) is 6. The van der Waals surface area contributed by atoms with Crippen LogP contribution in [0.4, 0.5) is 0 Å². The SMILES string of the molecule is C[C@@H]([C@H](O)c1ccccc1)[NH+](C)C.C[C@@H]([C@H](O)c1ccccc1)[NH+](C)C.O=C(O)c1ccc([O-])cc1.O=C(O)c1ccc([O-])cc1. The lowest BCUT2D eigenvalue weighted by molar-refractivity contribution is -0.888. The summed E-state index contributed by atoms with van der Waals surface area (Å²) >= 11 is 0. The summed E-state index contributed by atoms with van der Waals surface area (Å²) in [6, 6.07) is 30.1. The lowest BCUT2D eigenvalue weighted by Crippen LogP contribution is -3.10. The van der Waals surface area contributed by atoms with Crippen molar-refractivity contribution in [1.29, 1.82) is 0 Å². The number of likely N-dealkylation sites (N-methyl/N-ethyl adjacent to an activating group) is 2. The van der Waals surface area contributed by atoms with Gasteiger partial charge in [0, 0.05) is 0 Å². The summed E-state index contributed by atoms with van der Waals surface area (Å²) in [4.78, 5) is 22.9. The van der Waals surface area contributed by atoms with Crippen LogP contribution in [-0.2, 0) is 0 Å². The minimum absolute atomic E-state index is 0.139. The van der Waals surface area contributed by atoms with Crippen molar-refractivity contribution in [2.24, 2.45) is 0 Å². The second-order valence-corrected chi connectivity index (χ2v) is 11.1. The van der Waals surface area contributed by atoms with Gasteiger partial charge in [0.1, 0.15) is 24.3 Å². The van der Waals surface area contributed by atoms with E-state index < -0.39 is 11.9 Å². The number of nitrogens with one attached hydrogen (secondary N) is 2. The maximum atomic E-state index is 10.5. The van der Waals surface area contributed by atoms with Gasteiger partial charge in [0.25, 0.3) is 0 Å². The van der Waals surface area contributed by atoms with Crippen LogP contribution in [-0.4, -0.2) is 72.6 Å². The van der Waals surface area contributed by atoms with Crippen molar-refractivity contribution in [3.8, 4) is 11.5 Å². The molecule has 0 unspecified atom stereocenters. The molecule has 0 saturated heterocycles. The van der Waals surface area contributed by atoms with Gasteiger partial charge < -0.3 is 40.4 Å². The van der Waals surface area contributed by atoms with E-state index in [1.54, 1.807) is 0 Å². The fraction of sp³-hybridized carbons (Fsp3) is 0.278. The number of hydrogen-bond donors (Lipinski definition) is 6. The normalized spacial score (nSPS) is 12.9.